The number of rotatable bonds is 0. The maximum Gasteiger partial charge on any atom is 0.172 e. The predicted molar refractivity (Wildman–Crippen MR) is 74.3 cm³/mol. The first kappa shape index (κ1) is 14.8. The lowest BCUT2D eigenvalue weighted by molar-refractivity contribution is 0.268. The summed E-state index contributed by atoms with van der Waals surface area (Å²) in [6.07, 6.45) is 4.39. The zero-order valence-electron chi connectivity index (χ0n) is 11.8. The fourth-order valence-corrected chi connectivity index (χ4v) is 2.38. The van der Waals surface area contributed by atoms with E-state index in [1.165, 1.54) is 18.4 Å². The van der Waals surface area contributed by atoms with E-state index in [0.717, 1.165) is 31.8 Å². The Labute approximate surface area is 110 Å². The fourth-order valence-electron chi connectivity index (χ4n) is 2.38. The molecule has 0 radical (unpaired) electrons. The van der Waals surface area contributed by atoms with E-state index in [2.05, 4.69) is 16.8 Å². The van der Waals surface area contributed by atoms with Gasteiger partial charge < -0.3 is 14.7 Å². The van der Waals surface area contributed by atoms with Crippen LogP contribution in [0.1, 0.15) is 32.3 Å². The minimum atomic E-state index is 0.566. The van der Waals surface area contributed by atoms with Crippen molar-refractivity contribution >= 4 is 5.82 Å². The molecule has 0 spiro atoms. The lowest BCUT2D eigenvalue weighted by Crippen LogP contribution is -2.38. The first-order valence-electron chi connectivity index (χ1n) is 6.66. The molecule has 2 aliphatic rings. The van der Waals surface area contributed by atoms with E-state index >= 15 is 0 Å². The van der Waals surface area contributed by atoms with Crippen LogP contribution in [0.4, 0.5) is 5.82 Å². The lowest BCUT2D eigenvalue weighted by Gasteiger charge is -2.32. The molecule has 102 valence electrons. The van der Waals surface area contributed by atoms with Crippen LogP contribution < -0.4 is 9.64 Å². The molecule has 0 saturated carbocycles. The number of nitrogens with zero attached hydrogens (tertiary/aromatic N) is 2. The molecule has 3 rings (SSSR count). The number of ether oxygens (including phenoxy) is 1. The molecule has 4 nitrogen and oxygen atoms in total. The van der Waals surface area contributed by atoms with Crippen molar-refractivity contribution in [3.05, 3.63) is 17.8 Å². The van der Waals surface area contributed by atoms with E-state index in [-0.39, 0.29) is 0 Å². The van der Waals surface area contributed by atoms with Gasteiger partial charge in [0.2, 0.25) is 0 Å². The highest BCUT2D eigenvalue weighted by Crippen LogP contribution is 2.37. The van der Waals surface area contributed by atoms with E-state index in [1.54, 1.807) is 0 Å². The van der Waals surface area contributed by atoms with Gasteiger partial charge in [0.25, 0.3) is 0 Å². The second kappa shape index (κ2) is 7.21. The number of pyridine rings is 1. The highest BCUT2D eigenvalue weighted by atomic mass is 16.5. The van der Waals surface area contributed by atoms with Crippen LogP contribution in [0.3, 0.4) is 0 Å². The third-order valence-corrected chi connectivity index (χ3v) is 3.15. The molecule has 1 atom stereocenters. The van der Waals surface area contributed by atoms with Gasteiger partial charge in [-0.15, -0.1) is 0 Å². The Morgan fingerprint density at radius 3 is 2.83 bits per heavy atom. The van der Waals surface area contributed by atoms with E-state index < -0.39 is 0 Å². The van der Waals surface area contributed by atoms with Crippen LogP contribution in [0.5, 0.6) is 5.75 Å². The summed E-state index contributed by atoms with van der Waals surface area (Å²) in [7, 11) is 1.00. The third-order valence-electron chi connectivity index (χ3n) is 3.15. The van der Waals surface area contributed by atoms with Gasteiger partial charge in [0.15, 0.2) is 11.6 Å². The van der Waals surface area contributed by atoms with Crippen molar-refractivity contribution in [2.45, 2.75) is 39.7 Å². The van der Waals surface area contributed by atoms with Crippen molar-refractivity contribution in [3.63, 3.8) is 0 Å². The fraction of sp³-hybridized carbons (Fsp3) is 0.643. The number of aryl methyl sites for hydroxylation is 1. The van der Waals surface area contributed by atoms with Gasteiger partial charge >= 0.3 is 0 Å². The summed E-state index contributed by atoms with van der Waals surface area (Å²) in [4.78, 5) is 6.82. The van der Waals surface area contributed by atoms with E-state index in [9.17, 15) is 0 Å². The van der Waals surface area contributed by atoms with E-state index in [0.29, 0.717) is 6.04 Å². The van der Waals surface area contributed by atoms with Gasteiger partial charge in [-0.25, -0.2) is 4.98 Å². The van der Waals surface area contributed by atoms with Crippen LogP contribution in [0.25, 0.3) is 0 Å². The normalized spacial score (nSPS) is 19.4. The lowest BCUT2D eigenvalue weighted by atomic mass is 10.2. The molecule has 1 fully saturated rings. The van der Waals surface area contributed by atoms with Gasteiger partial charge in [-0.3, -0.25) is 0 Å². The summed E-state index contributed by atoms with van der Waals surface area (Å²) in [5, 5.41) is 7.00. The minimum absolute atomic E-state index is 0.566. The molecule has 0 aromatic carbocycles. The van der Waals surface area contributed by atoms with Crippen LogP contribution in [0, 0.1) is 6.92 Å². The van der Waals surface area contributed by atoms with Crippen LogP contribution in [-0.4, -0.2) is 36.4 Å². The first-order valence-corrected chi connectivity index (χ1v) is 6.66. The van der Waals surface area contributed by atoms with Crippen molar-refractivity contribution < 1.29 is 9.84 Å². The monoisotopic (exact) mass is 252 g/mol. The van der Waals surface area contributed by atoms with Crippen LogP contribution >= 0.6 is 0 Å². The van der Waals surface area contributed by atoms with E-state index in [4.69, 9.17) is 9.84 Å². The Bertz CT molecular complexity index is 369. The summed E-state index contributed by atoms with van der Waals surface area (Å²) >= 11 is 0. The summed E-state index contributed by atoms with van der Waals surface area (Å²) in [5.41, 5.74) is 1.19. The number of fused-ring (bicyclic) bond motifs is 3. The molecule has 2 aliphatic heterocycles. The maximum atomic E-state index is 7.00. The van der Waals surface area contributed by atoms with Crippen LogP contribution in [-0.2, 0) is 0 Å². The van der Waals surface area contributed by atoms with Gasteiger partial charge in [0, 0.05) is 19.9 Å². The molecule has 0 unspecified atom stereocenters. The number of aliphatic hydroxyl groups is 1. The Morgan fingerprint density at radius 1 is 1.39 bits per heavy atom. The molecule has 18 heavy (non-hydrogen) atoms. The summed E-state index contributed by atoms with van der Waals surface area (Å²) in [5.74, 6) is 2.05. The Hall–Kier alpha value is -1.29. The number of hydrogen-bond acceptors (Lipinski definition) is 4. The molecular weight excluding hydrogens is 228 g/mol. The van der Waals surface area contributed by atoms with Crippen LogP contribution in [0.15, 0.2) is 12.3 Å². The average Bonchev–Trinajstić information content (AvgIpc) is 2.92. The van der Waals surface area contributed by atoms with Gasteiger partial charge in [-0.05, 0) is 31.4 Å². The largest absolute Gasteiger partial charge is 0.487 e. The highest BCUT2D eigenvalue weighted by molar-refractivity contribution is 5.58. The van der Waals surface area contributed by atoms with Crippen molar-refractivity contribution in [3.8, 4) is 5.75 Å². The summed E-state index contributed by atoms with van der Waals surface area (Å²) in [6.45, 7) is 8.05. The topological polar surface area (TPSA) is 45.6 Å². The number of aromatic nitrogens is 1. The average molecular weight is 252 g/mol. The SMILES string of the molecule is CC.CO.Cc1ccnc2c1OC[C@@H]1CCCN21. The van der Waals surface area contributed by atoms with Gasteiger partial charge in [0.1, 0.15) is 6.61 Å². The Balaban J connectivity index is 0.000000371. The highest BCUT2D eigenvalue weighted by Gasteiger charge is 2.32. The van der Waals surface area contributed by atoms with Crippen LogP contribution in [0.2, 0.25) is 0 Å². The molecule has 0 bridgehead atoms. The standard InChI is InChI=1S/C11H14N2O.C2H6.CH4O/c1-8-4-5-12-11-10(8)14-7-9-3-2-6-13(9)11;2*1-2/h4-5,9H,2-3,6-7H2,1H3;1-2H3;2H,1H3/t9-;;/m0../s1. The summed E-state index contributed by atoms with van der Waals surface area (Å²) in [6, 6.07) is 2.58. The Kier molecular flexibility index (Phi) is 5.92. The molecule has 0 amide bonds. The second-order valence-electron chi connectivity index (χ2n) is 4.08. The second-order valence-corrected chi connectivity index (χ2v) is 4.08. The number of hydrogen-bond donors (Lipinski definition) is 1. The van der Waals surface area contributed by atoms with Crippen molar-refractivity contribution in [1.82, 2.24) is 4.98 Å². The number of anilines is 1. The van der Waals surface area contributed by atoms with Crippen molar-refractivity contribution in [2.75, 3.05) is 25.2 Å². The zero-order valence-corrected chi connectivity index (χ0v) is 11.8. The quantitative estimate of drug-likeness (QED) is 0.770. The predicted octanol–water partition coefficient (Wildman–Crippen LogP) is 2.39. The molecule has 1 N–H and O–H groups in total. The molecule has 1 aromatic rings. The molecular formula is C14H24N2O2. The molecule has 3 heterocycles. The maximum absolute atomic E-state index is 7.00. The van der Waals surface area contributed by atoms with Gasteiger partial charge in [-0.2, -0.15) is 0 Å². The minimum Gasteiger partial charge on any atom is -0.487 e. The van der Waals surface area contributed by atoms with Gasteiger partial charge in [0.05, 0.1) is 6.04 Å². The molecule has 1 aromatic heterocycles. The van der Waals surface area contributed by atoms with E-state index in [1.807, 2.05) is 26.1 Å². The van der Waals surface area contributed by atoms with Crippen molar-refractivity contribution in [1.29, 1.82) is 0 Å². The number of aliphatic hydroxyl groups excluding tert-OH is 1. The first-order chi connectivity index (χ1) is 8.86. The Morgan fingerprint density at radius 2 is 2.11 bits per heavy atom. The molecule has 4 heteroatoms. The van der Waals surface area contributed by atoms with Gasteiger partial charge in [-0.1, -0.05) is 13.8 Å². The zero-order chi connectivity index (χ0) is 13.5. The van der Waals surface area contributed by atoms with Crippen molar-refractivity contribution in [2.24, 2.45) is 0 Å². The molecule has 0 aliphatic carbocycles. The smallest absolute Gasteiger partial charge is 0.172 e. The molecule has 1 saturated heterocycles. The summed E-state index contributed by atoms with van der Waals surface area (Å²) < 4.78 is 5.76. The third kappa shape index (κ3) is 2.75.